The summed E-state index contributed by atoms with van der Waals surface area (Å²) in [6.45, 7) is 0. The van der Waals surface area contributed by atoms with E-state index in [0.717, 1.165) is 18.1 Å². The normalized spacial score (nSPS) is 24.6. The summed E-state index contributed by atoms with van der Waals surface area (Å²) in [5.41, 5.74) is 4.27. The summed E-state index contributed by atoms with van der Waals surface area (Å²) >= 11 is 0. The molecule has 3 aliphatic carbocycles. The maximum absolute atomic E-state index is 5.26. The molecule has 1 fully saturated rings. The second-order valence-corrected chi connectivity index (χ2v) is 4.20. The summed E-state index contributed by atoms with van der Waals surface area (Å²) in [6, 6.07) is 0. The molecule has 1 saturated carbocycles. The molecule has 1 heteroatoms. The zero-order valence-electron chi connectivity index (χ0n) is 8.42. The predicted octanol–water partition coefficient (Wildman–Crippen LogP) is 3.12. The van der Waals surface area contributed by atoms with Crippen LogP contribution in [0, 0.1) is 5.92 Å². The number of ether oxygens (including phenoxy) is 1. The fourth-order valence-electron chi connectivity index (χ4n) is 2.11. The molecule has 0 aliphatic heterocycles. The molecule has 0 spiro atoms. The SMILES string of the molecule is COC1=CC2=CC(C3CC3)=CC2=CC1. The van der Waals surface area contributed by atoms with E-state index in [2.05, 4.69) is 24.3 Å². The first-order valence-corrected chi connectivity index (χ1v) is 5.25. The van der Waals surface area contributed by atoms with Gasteiger partial charge in [-0.05, 0) is 41.6 Å². The van der Waals surface area contributed by atoms with E-state index in [1.165, 1.54) is 29.6 Å². The van der Waals surface area contributed by atoms with Crippen LogP contribution in [0.4, 0.5) is 0 Å². The Balaban J connectivity index is 1.91. The monoisotopic (exact) mass is 186 g/mol. The van der Waals surface area contributed by atoms with E-state index in [1.54, 1.807) is 7.11 Å². The van der Waals surface area contributed by atoms with Crippen molar-refractivity contribution < 1.29 is 4.74 Å². The number of allylic oxidation sites excluding steroid dienone is 7. The molecule has 0 atom stereocenters. The van der Waals surface area contributed by atoms with Gasteiger partial charge in [0, 0.05) is 6.42 Å². The molecule has 0 N–H and O–H groups in total. The molecule has 0 amide bonds. The lowest BCUT2D eigenvalue weighted by Crippen LogP contribution is -1.93. The zero-order valence-corrected chi connectivity index (χ0v) is 8.42. The van der Waals surface area contributed by atoms with Gasteiger partial charge >= 0.3 is 0 Å². The minimum atomic E-state index is 0.855. The van der Waals surface area contributed by atoms with Crippen LogP contribution in [0.15, 0.2) is 46.8 Å². The Bertz CT molecular complexity index is 389. The fourth-order valence-corrected chi connectivity index (χ4v) is 2.11. The van der Waals surface area contributed by atoms with E-state index in [4.69, 9.17) is 4.74 Å². The second-order valence-electron chi connectivity index (χ2n) is 4.20. The van der Waals surface area contributed by atoms with Crippen molar-refractivity contribution in [1.29, 1.82) is 0 Å². The highest BCUT2D eigenvalue weighted by molar-refractivity contribution is 5.60. The molecule has 3 rings (SSSR count). The summed E-state index contributed by atoms with van der Waals surface area (Å²) in [6.07, 6.45) is 12.8. The Morgan fingerprint density at radius 2 is 2.00 bits per heavy atom. The van der Waals surface area contributed by atoms with E-state index < -0.39 is 0 Å². The summed E-state index contributed by atoms with van der Waals surface area (Å²) < 4.78 is 5.26. The molecule has 0 saturated heterocycles. The van der Waals surface area contributed by atoms with Gasteiger partial charge in [-0.15, -0.1) is 0 Å². The third-order valence-electron chi connectivity index (χ3n) is 3.13. The lowest BCUT2D eigenvalue weighted by atomic mass is 10.0. The standard InChI is InChI=1S/C13H14O/c1-14-13-5-4-10-6-11(9-2-3-9)7-12(10)8-13/h4,6-9H,2-3,5H2,1H3. The van der Waals surface area contributed by atoms with E-state index in [-0.39, 0.29) is 0 Å². The van der Waals surface area contributed by atoms with Crippen molar-refractivity contribution >= 4 is 0 Å². The Hall–Kier alpha value is -1.24. The highest BCUT2D eigenvalue weighted by Crippen LogP contribution is 2.43. The zero-order chi connectivity index (χ0) is 9.54. The van der Waals surface area contributed by atoms with Gasteiger partial charge in [-0.25, -0.2) is 0 Å². The van der Waals surface area contributed by atoms with Crippen molar-refractivity contribution in [3.05, 3.63) is 46.8 Å². The summed E-state index contributed by atoms with van der Waals surface area (Å²) in [5, 5.41) is 0. The predicted molar refractivity (Wildman–Crippen MR) is 56.7 cm³/mol. The summed E-state index contributed by atoms with van der Waals surface area (Å²) in [5.74, 6) is 1.93. The Morgan fingerprint density at radius 3 is 2.71 bits per heavy atom. The molecule has 0 aromatic rings. The molecule has 14 heavy (non-hydrogen) atoms. The second kappa shape index (κ2) is 2.88. The van der Waals surface area contributed by atoms with E-state index >= 15 is 0 Å². The first kappa shape index (κ1) is 8.10. The Labute approximate surface area is 84.5 Å². The number of methoxy groups -OCH3 is 1. The smallest absolute Gasteiger partial charge is 0.0999 e. The van der Waals surface area contributed by atoms with E-state index in [9.17, 15) is 0 Å². The van der Waals surface area contributed by atoms with Gasteiger partial charge in [-0.3, -0.25) is 0 Å². The molecular formula is C13H14O. The lowest BCUT2D eigenvalue weighted by Gasteiger charge is -2.10. The Kier molecular flexibility index (Phi) is 1.66. The molecule has 0 heterocycles. The summed E-state index contributed by atoms with van der Waals surface area (Å²) in [4.78, 5) is 0. The van der Waals surface area contributed by atoms with Crippen molar-refractivity contribution in [3.63, 3.8) is 0 Å². The molecule has 72 valence electrons. The molecule has 0 unspecified atom stereocenters. The number of fused-ring (bicyclic) bond motifs is 1. The summed E-state index contributed by atoms with van der Waals surface area (Å²) in [7, 11) is 1.75. The molecule has 0 aromatic heterocycles. The van der Waals surface area contributed by atoms with Crippen LogP contribution in [0.2, 0.25) is 0 Å². The van der Waals surface area contributed by atoms with Crippen LogP contribution in [-0.4, -0.2) is 7.11 Å². The molecule has 0 radical (unpaired) electrons. The van der Waals surface area contributed by atoms with Crippen LogP contribution in [-0.2, 0) is 4.74 Å². The van der Waals surface area contributed by atoms with Crippen molar-refractivity contribution in [2.24, 2.45) is 5.92 Å². The number of hydrogen-bond acceptors (Lipinski definition) is 1. The molecule has 3 aliphatic rings. The quantitative estimate of drug-likeness (QED) is 0.643. The lowest BCUT2D eigenvalue weighted by molar-refractivity contribution is 0.284. The number of rotatable bonds is 2. The van der Waals surface area contributed by atoms with Crippen molar-refractivity contribution in [2.45, 2.75) is 19.3 Å². The van der Waals surface area contributed by atoms with Crippen LogP contribution in [0.1, 0.15) is 19.3 Å². The highest BCUT2D eigenvalue weighted by atomic mass is 16.5. The first-order chi connectivity index (χ1) is 6.86. The third kappa shape index (κ3) is 1.24. The van der Waals surface area contributed by atoms with Gasteiger partial charge < -0.3 is 4.74 Å². The topological polar surface area (TPSA) is 9.23 Å². The van der Waals surface area contributed by atoms with Gasteiger partial charge in [-0.2, -0.15) is 0 Å². The largest absolute Gasteiger partial charge is 0.501 e. The Morgan fingerprint density at radius 1 is 1.14 bits per heavy atom. The van der Waals surface area contributed by atoms with Gasteiger partial charge in [0.25, 0.3) is 0 Å². The molecule has 1 nitrogen and oxygen atoms in total. The van der Waals surface area contributed by atoms with Crippen LogP contribution in [0.25, 0.3) is 0 Å². The van der Waals surface area contributed by atoms with Crippen LogP contribution in [0.3, 0.4) is 0 Å². The van der Waals surface area contributed by atoms with Crippen molar-refractivity contribution in [1.82, 2.24) is 0 Å². The number of hydrogen-bond donors (Lipinski definition) is 0. The average Bonchev–Trinajstić information content (AvgIpc) is 2.97. The third-order valence-corrected chi connectivity index (χ3v) is 3.13. The van der Waals surface area contributed by atoms with Crippen LogP contribution in [0.5, 0.6) is 0 Å². The molecule has 0 aromatic carbocycles. The van der Waals surface area contributed by atoms with Gasteiger partial charge in [0.2, 0.25) is 0 Å². The van der Waals surface area contributed by atoms with E-state index in [1.807, 2.05) is 0 Å². The minimum Gasteiger partial charge on any atom is -0.501 e. The van der Waals surface area contributed by atoms with Gasteiger partial charge in [0.1, 0.15) is 0 Å². The van der Waals surface area contributed by atoms with Gasteiger partial charge in [0.15, 0.2) is 0 Å². The highest BCUT2D eigenvalue weighted by Gasteiger charge is 2.28. The van der Waals surface area contributed by atoms with Gasteiger partial charge in [0.05, 0.1) is 12.9 Å². The minimum absolute atomic E-state index is 0.855. The van der Waals surface area contributed by atoms with Crippen molar-refractivity contribution in [3.8, 4) is 0 Å². The van der Waals surface area contributed by atoms with Crippen LogP contribution >= 0.6 is 0 Å². The maximum atomic E-state index is 5.26. The van der Waals surface area contributed by atoms with Crippen LogP contribution < -0.4 is 0 Å². The van der Waals surface area contributed by atoms with E-state index in [0.29, 0.717) is 0 Å². The van der Waals surface area contributed by atoms with Crippen molar-refractivity contribution in [2.75, 3.05) is 7.11 Å². The van der Waals surface area contributed by atoms with Gasteiger partial charge in [-0.1, -0.05) is 18.2 Å². The maximum Gasteiger partial charge on any atom is 0.0999 e. The fraction of sp³-hybridized carbons (Fsp3) is 0.385. The molecule has 0 bridgehead atoms. The average molecular weight is 186 g/mol. The first-order valence-electron chi connectivity index (χ1n) is 5.25. The molecular weight excluding hydrogens is 172 g/mol.